The van der Waals surface area contributed by atoms with Crippen molar-refractivity contribution in [3.8, 4) is 0 Å². The van der Waals surface area contributed by atoms with Crippen LogP contribution in [0, 0.1) is 17.7 Å². The number of anilines is 2. The van der Waals surface area contributed by atoms with Gasteiger partial charge in [-0.2, -0.15) is 8.42 Å². The van der Waals surface area contributed by atoms with Gasteiger partial charge in [0.1, 0.15) is 16.5 Å². The maximum Gasteiger partial charge on any atom is 0.286 e. The molecule has 0 bridgehead atoms. The number of sulfonamides is 2. The Morgan fingerprint density at radius 2 is 1.79 bits per heavy atom. The van der Waals surface area contributed by atoms with Gasteiger partial charge in [-0.15, -0.1) is 4.40 Å². The number of hydrogen-bond acceptors (Lipinski definition) is 7. The quantitative estimate of drug-likeness (QED) is 0.469. The fourth-order valence-electron chi connectivity index (χ4n) is 4.99. The Morgan fingerprint density at radius 3 is 2.39 bits per heavy atom. The number of piperidine rings is 1. The van der Waals surface area contributed by atoms with Gasteiger partial charge in [0, 0.05) is 24.7 Å². The highest BCUT2D eigenvalue weighted by molar-refractivity contribution is 7.92. The molecule has 38 heavy (non-hydrogen) atoms. The first-order chi connectivity index (χ1) is 17.8. The van der Waals surface area contributed by atoms with Crippen LogP contribution in [0.15, 0.2) is 51.8 Å². The zero-order valence-electron chi connectivity index (χ0n) is 21.1. The fraction of sp³-hybridized carbons (Fsp3) is 0.400. The highest BCUT2D eigenvalue weighted by Gasteiger charge is 2.47. The number of benzene rings is 2. The molecular weight excluding hydrogens is 535 g/mol. The van der Waals surface area contributed by atoms with E-state index < -0.39 is 49.5 Å². The summed E-state index contributed by atoms with van der Waals surface area (Å²) in [5.41, 5.74) is 0.770. The predicted octanol–water partition coefficient (Wildman–Crippen LogP) is 3.13. The topological polar surface area (TPSA) is 142 Å². The minimum atomic E-state index is -4.36. The molecule has 0 aromatic heterocycles. The van der Waals surface area contributed by atoms with E-state index in [4.69, 9.17) is 0 Å². The van der Waals surface area contributed by atoms with Crippen LogP contribution in [0.1, 0.15) is 38.7 Å². The molecule has 2 aromatic carbocycles. The molecular formula is C25H29FN4O6S2. The fourth-order valence-corrected chi connectivity index (χ4v) is 6.72. The van der Waals surface area contributed by atoms with Gasteiger partial charge in [0.05, 0.1) is 11.9 Å². The summed E-state index contributed by atoms with van der Waals surface area (Å²) in [7, 11) is -8.01. The highest BCUT2D eigenvalue weighted by Crippen LogP contribution is 2.35. The van der Waals surface area contributed by atoms with Crippen LogP contribution in [0.5, 0.6) is 0 Å². The first-order valence-electron chi connectivity index (χ1n) is 12.1. The van der Waals surface area contributed by atoms with Crippen LogP contribution in [0.2, 0.25) is 0 Å². The molecule has 4 rings (SSSR count). The Labute approximate surface area is 221 Å². The van der Waals surface area contributed by atoms with Crippen LogP contribution in [-0.4, -0.2) is 51.6 Å². The number of hydrogen-bond donors (Lipinski definition) is 2. The Hall–Kier alpha value is -3.32. The van der Waals surface area contributed by atoms with Gasteiger partial charge in [-0.1, -0.05) is 38.8 Å². The zero-order chi connectivity index (χ0) is 27.8. The standard InChI is InChI=1S/C25H29FN4O6S2/c1-4-16(5-2)20-13-21(31)23(25(32)30(20)14-15-6-8-17(26)9-7-15)24-27-19-11-10-18(28-37(3,33)34)12-22(19)38(35,36)29-24/h6-12,16,20,23,28H,4-5,13-14H2,1-3H3,(H,27,29). The number of nitrogens with one attached hydrogen (secondary N) is 2. The third kappa shape index (κ3) is 5.73. The first kappa shape index (κ1) is 27.7. The largest absolute Gasteiger partial charge is 0.341 e. The number of rotatable bonds is 8. The molecule has 1 saturated heterocycles. The molecule has 1 amide bonds. The van der Waals surface area contributed by atoms with Crippen molar-refractivity contribution in [2.45, 2.75) is 50.6 Å². The molecule has 13 heteroatoms. The monoisotopic (exact) mass is 564 g/mol. The first-order valence-corrected chi connectivity index (χ1v) is 15.5. The number of likely N-dealkylation sites (tertiary alicyclic amines) is 1. The summed E-state index contributed by atoms with van der Waals surface area (Å²) in [5, 5.41) is 2.81. The normalized spacial score (nSPS) is 21.1. The Balaban J connectivity index is 1.70. The van der Waals surface area contributed by atoms with E-state index in [9.17, 15) is 30.8 Å². The van der Waals surface area contributed by atoms with Crippen molar-refractivity contribution in [1.29, 1.82) is 0 Å². The molecule has 2 aromatic rings. The summed E-state index contributed by atoms with van der Waals surface area (Å²) in [6.45, 7) is 4.09. The molecule has 2 unspecified atom stereocenters. The number of halogens is 1. The highest BCUT2D eigenvalue weighted by atomic mass is 32.2. The van der Waals surface area contributed by atoms with Gasteiger partial charge < -0.3 is 10.2 Å². The van der Waals surface area contributed by atoms with Crippen molar-refractivity contribution in [3.05, 3.63) is 53.8 Å². The van der Waals surface area contributed by atoms with Crippen LogP contribution in [0.25, 0.3) is 0 Å². The van der Waals surface area contributed by atoms with E-state index in [1.807, 2.05) is 13.8 Å². The Kier molecular flexibility index (Phi) is 7.62. The van der Waals surface area contributed by atoms with E-state index in [2.05, 4.69) is 14.4 Å². The average Bonchev–Trinajstić information content (AvgIpc) is 2.82. The minimum absolute atomic E-state index is 0.0226. The van der Waals surface area contributed by atoms with E-state index in [1.165, 1.54) is 24.3 Å². The van der Waals surface area contributed by atoms with Gasteiger partial charge in [-0.3, -0.25) is 14.3 Å². The second-order valence-electron chi connectivity index (χ2n) is 9.50. The summed E-state index contributed by atoms with van der Waals surface area (Å²) in [5.74, 6) is -3.16. The molecule has 0 spiro atoms. The summed E-state index contributed by atoms with van der Waals surface area (Å²) in [4.78, 5) is 28.4. The maximum atomic E-state index is 13.8. The third-order valence-electron chi connectivity index (χ3n) is 6.84. The number of carbonyl (C=O) groups excluding carboxylic acids is 2. The number of nitrogens with zero attached hydrogens (tertiary/aromatic N) is 2. The number of amidine groups is 1. The molecule has 2 N–H and O–H groups in total. The summed E-state index contributed by atoms with van der Waals surface area (Å²) in [6.07, 6.45) is 2.42. The molecule has 10 nitrogen and oxygen atoms in total. The average molecular weight is 565 g/mol. The lowest BCUT2D eigenvalue weighted by molar-refractivity contribution is -0.148. The van der Waals surface area contributed by atoms with E-state index in [0.29, 0.717) is 5.56 Å². The lowest BCUT2D eigenvalue weighted by Gasteiger charge is -2.42. The van der Waals surface area contributed by atoms with Gasteiger partial charge in [0.25, 0.3) is 10.0 Å². The van der Waals surface area contributed by atoms with Gasteiger partial charge in [0.2, 0.25) is 15.9 Å². The van der Waals surface area contributed by atoms with Crippen molar-refractivity contribution in [2.24, 2.45) is 16.2 Å². The van der Waals surface area contributed by atoms with Crippen LogP contribution in [0.3, 0.4) is 0 Å². The van der Waals surface area contributed by atoms with Gasteiger partial charge in [-0.05, 0) is 41.8 Å². The number of fused-ring (bicyclic) bond motifs is 1. The number of Topliss-reactive ketones (excluding diaryl/α,β-unsaturated/α-hetero) is 1. The second kappa shape index (κ2) is 10.4. The number of amides is 1. The minimum Gasteiger partial charge on any atom is -0.341 e. The van der Waals surface area contributed by atoms with Crippen LogP contribution in [0.4, 0.5) is 15.8 Å². The summed E-state index contributed by atoms with van der Waals surface area (Å²) >= 11 is 0. The molecule has 2 aliphatic heterocycles. The number of carbonyl (C=O) groups is 2. The lowest BCUT2D eigenvalue weighted by atomic mass is 9.81. The summed E-state index contributed by atoms with van der Waals surface area (Å²) < 4.78 is 68.7. The molecule has 2 aliphatic rings. The van der Waals surface area contributed by atoms with Crippen molar-refractivity contribution in [2.75, 3.05) is 16.3 Å². The zero-order valence-corrected chi connectivity index (χ0v) is 22.8. The van der Waals surface area contributed by atoms with Crippen LogP contribution in [-0.2, 0) is 36.2 Å². The SMILES string of the molecule is CCC(CC)C1CC(=O)C(C2=NS(=O)(=O)c3cc(NS(C)(=O)=O)ccc3N2)C(=O)N1Cc1ccc(F)cc1. The van der Waals surface area contributed by atoms with E-state index in [-0.39, 0.29) is 41.0 Å². The third-order valence-corrected chi connectivity index (χ3v) is 8.78. The van der Waals surface area contributed by atoms with Crippen LogP contribution >= 0.6 is 0 Å². The molecule has 2 heterocycles. The molecule has 0 saturated carbocycles. The summed E-state index contributed by atoms with van der Waals surface area (Å²) in [6, 6.07) is 9.14. The molecule has 2 atom stereocenters. The van der Waals surface area contributed by atoms with E-state index >= 15 is 0 Å². The Morgan fingerprint density at radius 1 is 1.13 bits per heavy atom. The van der Waals surface area contributed by atoms with Crippen molar-refractivity contribution >= 4 is 48.9 Å². The predicted molar refractivity (Wildman–Crippen MR) is 141 cm³/mol. The maximum absolute atomic E-state index is 13.8. The van der Waals surface area contributed by atoms with Gasteiger partial charge in [-0.25, -0.2) is 12.8 Å². The van der Waals surface area contributed by atoms with Crippen molar-refractivity contribution < 1.29 is 30.8 Å². The lowest BCUT2D eigenvalue weighted by Crippen LogP contribution is -2.57. The molecule has 0 radical (unpaired) electrons. The second-order valence-corrected chi connectivity index (χ2v) is 12.8. The smallest absolute Gasteiger partial charge is 0.286 e. The molecule has 0 aliphatic carbocycles. The Bertz CT molecular complexity index is 1500. The van der Waals surface area contributed by atoms with Gasteiger partial charge >= 0.3 is 0 Å². The van der Waals surface area contributed by atoms with E-state index in [0.717, 1.165) is 25.2 Å². The van der Waals surface area contributed by atoms with Gasteiger partial charge in [0.15, 0.2) is 11.7 Å². The van der Waals surface area contributed by atoms with Crippen molar-refractivity contribution in [3.63, 3.8) is 0 Å². The van der Waals surface area contributed by atoms with E-state index in [1.54, 1.807) is 17.0 Å². The molecule has 1 fully saturated rings. The van der Waals surface area contributed by atoms with Crippen molar-refractivity contribution in [1.82, 2.24) is 4.90 Å². The van der Waals surface area contributed by atoms with Crippen LogP contribution < -0.4 is 10.0 Å². The number of ketones is 1. The molecule has 204 valence electrons.